The van der Waals surface area contributed by atoms with Crippen molar-refractivity contribution in [2.75, 3.05) is 46.1 Å². The van der Waals surface area contributed by atoms with Gasteiger partial charge in [-0.1, -0.05) is 6.07 Å². The highest BCUT2D eigenvalue weighted by atomic mass is 32.3. The Hall–Kier alpha value is -2.88. The van der Waals surface area contributed by atoms with Crippen molar-refractivity contribution >= 4 is 64.8 Å². The standard InChI is InChI=1S/C22H27N7O5S3/c1-14-4-5-15(29(36(2,31)32)37(3,33)34)8-18(14)26-19(30)11-27-9-16-6-7-17(10-27)28(16)21-20-22(24-12-23-21)35-13-25-20/h4-5,8,12-13,16-17H,6-7,9-11H2,1-3H3,(H,26,30). The van der Waals surface area contributed by atoms with Crippen LogP contribution >= 0.6 is 11.3 Å². The Balaban J connectivity index is 1.29. The highest BCUT2D eigenvalue weighted by Crippen LogP contribution is 2.37. The van der Waals surface area contributed by atoms with Gasteiger partial charge in [-0.3, -0.25) is 9.69 Å². The zero-order valence-electron chi connectivity index (χ0n) is 20.5. The smallest absolute Gasteiger partial charge is 0.245 e. The molecule has 2 bridgehead atoms. The number of benzene rings is 1. The lowest BCUT2D eigenvalue weighted by Crippen LogP contribution is -2.55. The van der Waals surface area contributed by atoms with Crippen molar-refractivity contribution in [3.63, 3.8) is 0 Å². The molecule has 198 valence electrons. The number of amides is 1. The Morgan fingerprint density at radius 3 is 2.41 bits per heavy atom. The number of aromatic nitrogens is 3. The fraction of sp³-hybridized carbons (Fsp3) is 0.455. The van der Waals surface area contributed by atoms with Crippen LogP contribution in [0, 0.1) is 6.92 Å². The summed E-state index contributed by atoms with van der Waals surface area (Å²) in [6.07, 6.45) is 5.20. The SMILES string of the molecule is Cc1ccc(N(S(C)(=O)=O)S(C)(=O)=O)cc1NC(=O)CN1CC2CCC(C1)N2c1ncnc2scnc12. The zero-order chi connectivity index (χ0) is 26.5. The third-order valence-electron chi connectivity index (χ3n) is 6.59. The molecule has 3 aromatic rings. The summed E-state index contributed by atoms with van der Waals surface area (Å²) in [5.74, 6) is 0.582. The molecule has 2 aliphatic rings. The fourth-order valence-electron chi connectivity index (χ4n) is 5.22. The van der Waals surface area contributed by atoms with Crippen LogP contribution < -0.4 is 13.9 Å². The van der Waals surface area contributed by atoms with Crippen LogP contribution in [0.3, 0.4) is 0 Å². The number of fused-ring (bicyclic) bond motifs is 3. The van der Waals surface area contributed by atoms with E-state index in [0.29, 0.717) is 28.1 Å². The minimum atomic E-state index is -4.09. The Morgan fingerprint density at radius 1 is 1.08 bits per heavy atom. The lowest BCUT2D eigenvalue weighted by Gasteiger charge is -2.41. The minimum Gasteiger partial charge on any atom is -0.346 e. The van der Waals surface area contributed by atoms with Gasteiger partial charge in [0.05, 0.1) is 30.3 Å². The molecule has 5 rings (SSSR count). The van der Waals surface area contributed by atoms with E-state index in [1.807, 2.05) is 0 Å². The molecular weight excluding hydrogens is 538 g/mol. The number of carbonyl (C=O) groups is 1. The van der Waals surface area contributed by atoms with Crippen molar-refractivity contribution in [1.82, 2.24) is 19.9 Å². The lowest BCUT2D eigenvalue weighted by atomic mass is 10.1. The first-order valence-corrected chi connectivity index (χ1v) is 16.2. The van der Waals surface area contributed by atoms with E-state index in [2.05, 4.69) is 30.1 Å². The van der Waals surface area contributed by atoms with E-state index in [9.17, 15) is 21.6 Å². The van der Waals surface area contributed by atoms with Crippen LogP contribution in [0.25, 0.3) is 10.3 Å². The maximum atomic E-state index is 13.0. The van der Waals surface area contributed by atoms with Gasteiger partial charge >= 0.3 is 0 Å². The van der Waals surface area contributed by atoms with Crippen molar-refractivity contribution < 1.29 is 21.6 Å². The highest BCUT2D eigenvalue weighted by Gasteiger charge is 2.42. The molecule has 2 saturated heterocycles. The summed E-state index contributed by atoms with van der Waals surface area (Å²) < 4.78 is 49.0. The molecular formula is C22H27N7O5S3. The van der Waals surface area contributed by atoms with Crippen molar-refractivity contribution in [2.45, 2.75) is 31.8 Å². The van der Waals surface area contributed by atoms with E-state index >= 15 is 0 Å². The summed E-state index contributed by atoms with van der Waals surface area (Å²) in [4.78, 5) is 31.5. The molecule has 2 aliphatic heterocycles. The number of aryl methyl sites for hydroxylation is 1. The van der Waals surface area contributed by atoms with Crippen LogP contribution in [0.1, 0.15) is 18.4 Å². The molecule has 1 N–H and O–H groups in total. The number of hydrogen-bond acceptors (Lipinski definition) is 11. The third kappa shape index (κ3) is 5.12. The first-order valence-electron chi connectivity index (χ1n) is 11.6. The van der Waals surface area contributed by atoms with Gasteiger partial charge in [-0.25, -0.2) is 31.8 Å². The van der Waals surface area contributed by atoms with Crippen LogP contribution in [0.5, 0.6) is 0 Å². The molecule has 0 radical (unpaired) electrons. The molecule has 2 unspecified atom stereocenters. The fourth-order valence-corrected chi connectivity index (χ4v) is 8.80. The Morgan fingerprint density at radius 2 is 1.76 bits per heavy atom. The molecule has 37 heavy (non-hydrogen) atoms. The van der Waals surface area contributed by atoms with Crippen molar-refractivity contribution in [2.24, 2.45) is 0 Å². The van der Waals surface area contributed by atoms with E-state index < -0.39 is 20.0 Å². The summed E-state index contributed by atoms with van der Waals surface area (Å²) in [5.41, 5.74) is 3.56. The van der Waals surface area contributed by atoms with Gasteiger partial charge in [0.15, 0.2) is 5.82 Å². The summed E-state index contributed by atoms with van der Waals surface area (Å²) in [6, 6.07) is 4.75. The van der Waals surface area contributed by atoms with Gasteiger partial charge in [-0.15, -0.1) is 11.3 Å². The highest BCUT2D eigenvalue weighted by molar-refractivity contribution is 8.09. The minimum absolute atomic E-state index is 0.0595. The molecule has 2 aromatic heterocycles. The molecule has 1 amide bonds. The summed E-state index contributed by atoms with van der Waals surface area (Å²) >= 11 is 1.48. The number of rotatable bonds is 7. The average Bonchev–Trinajstić information content (AvgIpc) is 3.36. The van der Waals surface area contributed by atoms with Gasteiger partial charge in [0.2, 0.25) is 26.0 Å². The first kappa shape index (κ1) is 25.8. The van der Waals surface area contributed by atoms with E-state index in [1.54, 1.807) is 24.8 Å². The number of nitrogens with one attached hydrogen (secondary N) is 1. The summed E-state index contributed by atoms with van der Waals surface area (Å²) in [6.45, 7) is 3.29. The zero-order valence-corrected chi connectivity index (χ0v) is 23.0. The van der Waals surface area contributed by atoms with Crippen molar-refractivity contribution in [1.29, 1.82) is 0 Å². The van der Waals surface area contributed by atoms with Crippen LogP contribution in [-0.4, -0.2) is 86.8 Å². The van der Waals surface area contributed by atoms with Crippen LogP contribution in [0.15, 0.2) is 30.0 Å². The number of sulfonamides is 2. The Bertz CT molecular complexity index is 1530. The number of hydrogen-bond donors (Lipinski definition) is 1. The van der Waals surface area contributed by atoms with Gasteiger partial charge in [-0.05, 0) is 37.5 Å². The topological polar surface area (TPSA) is 146 Å². The van der Waals surface area contributed by atoms with E-state index in [-0.39, 0.29) is 30.2 Å². The van der Waals surface area contributed by atoms with Crippen LogP contribution in [0.4, 0.5) is 17.2 Å². The second-order valence-corrected chi connectivity index (χ2v) is 14.2. The molecule has 2 fully saturated rings. The predicted octanol–water partition coefficient (Wildman–Crippen LogP) is 1.41. The van der Waals surface area contributed by atoms with Crippen LogP contribution in [0.2, 0.25) is 0 Å². The first-order chi connectivity index (χ1) is 17.4. The van der Waals surface area contributed by atoms with E-state index in [1.165, 1.54) is 23.5 Å². The molecule has 12 nitrogen and oxygen atoms in total. The number of piperazine rings is 1. The van der Waals surface area contributed by atoms with Crippen molar-refractivity contribution in [3.8, 4) is 0 Å². The van der Waals surface area contributed by atoms with Crippen LogP contribution in [-0.2, 0) is 24.8 Å². The molecule has 0 saturated carbocycles. The van der Waals surface area contributed by atoms with Gasteiger partial charge in [0.1, 0.15) is 16.7 Å². The maximum absolute atomic E-state index is 13.0. The molecule has 15 heteroatoms. The largest absolute Gasteiger partial charge is 0.346 e. The second kappa shape index (κ2) is 9.45. The number of anilines is 3. The molecule has 4 heterocycles. The normalized spacial score (nSPS) is 20.4. The molecule has 0 aliphatic carbocycles. The van der Waals surface area contributed by atoms with Gasteiger partial charge < -0.3 is 10.2 Å². The molecule has 1 aromatic carbocycles. The number of thiazole rings is 1. The molecule has 0 spiro atoms. The van der Waals surface area contributed by atoms with E-state index in [0.717, 1.165) is 41.5 Å². The predicted molar refractivity (Wildman–Crippen MR) is 143 cm³/mol. The lowest BCUT2D eigenvalue weighted by molar-refractivity contribution is -0.117. The molecule has 2 atom stereocenters. The Kier molecular flexibility index (Phi) is 6.58. The summed E-state index contributed by atoms with van der Waals surface area (Å²) in [5, 5.41) is 2.83. The quantitative estimate of drug-likeness (QED) is 0.446. The number of likely N-dealkylation sites (tertiary alicyclic amines) is 1. The van der Waals surface area contributed by atoms with Crippen molar-refractivity contribution in [3.05, 3.63) is 35.6 Å². The van der Waals surface area contributed by atoms with Gasteiger partial charge in [0.25, 0.3) is 0 Å². The average molecular weight is 566 g/mol. The van der Waals surface area contributed by atoms with Gasteiger partial charge in [0, 0.05) is 30.9 Å². The number of carbonyl (C=O) groups excluding carboxylic acids is 1. The Labute approximate surface area is 219 Å². The third-order valence-corrected chi connectivity index (χ3v) is 10.6. The summed E-state index contributed by atoms with van der Waals surface area (Å²) in [7, 11) is -8.19. The maximum Gasteiger partial charge on any atom is 0.245 e. The monoisotopic (exact) mass is 565 g/mol. The van der Waals surface area contributed by atoms with Gasteiger partial charge in [-0.2, -0.15) is 3.71 Å². The number of nitrogens with zero attached hydrogens (tertiary/aromatic N) is 6. The van der Waals surface area contributed by atoms with E-state index in [4.69, 9.17) is 0 Å². The second-order valence-electron chi connectivity index (χ2n) is 9.46.